The van der Waals surface area contributed by atoms with Crippen LogP contribution in [0.15, 0.2) is 82.6 Å². The molecule has 0 aliphatic carbocycles. The Morgan fingerprint density at radius 2 is 1.64 bits per heavy atom. The topological polar surface area (TPSA) is 124 Å². The third kappa shape index (κ3) is 5.55. The maximum absolute atomic E-state index is 14.1. The van der Waals surface area contributed by atoms with Gasteiger partial charge in [0.15, 0.2) is 0 Å². The lowest BCUT2D eigenvalue weighted by molar-refractivity contribution is -0.122. The number of anilines is 2. The fraction of sp³-hybridized carbons (Fsp3) is 0.242. The average Bonchev–Trinajstić information content (AvgIpc) is 3.48. The van der Waals surface area contributed by atoms with Crippen molar-refractivity contribution in [3.05, 3.63) is 104 Å². The highest BCUT2D eigenvalue weighted by molar-refractivity contribution is 8.00. The lowest BCUT2D eigenvalue weighted by Gasteiger charge is -2.31. The second-order valence-electron chi connectivity index (χ2n) is 10.6. The van der Waals surface area contributed by atoms with E-state index >= 15 is 0 Å². The van der Waals surface area contributed by atoms with Crippen molar-refractivity contribution in [2.45, 2.75) is 36.6 Å². The number of amides is 3. The molecule has 2 aliphatic heterocycles. The fourth-order valence-electron chi connectivity index (χ4n) is 5.71. The molecule has 3 heterocycles. The average molecular weight is 644 g/mol. The van der Waals surface area contributed by atoms with E-state index in [-0.39, 0.29) is 29.8 Å². The van der Waals surface area contributed by atoms with Crippen LogP contribution in [0.2, 0.25) is 0 Å². The zero-order valence-electron chi connectivity index (χ0n) is 24.6. The summed E-state index contributed by atoms with van der Waals surface area (Å²) in [6.07, 6.45) is 0. The van der Waals surface area contributed by atoms with Crippen molar-refractivity contribution in [3.63, 3.8) is 0 Å². The Morgan fingerprint density at radius 3 is 2.33 bits per heavy atom. The minimum atomic E-state index is -0.819. The Morgan fingerprint density at radius 1 is 0.933 bits per heavy atom. The Balaban J connectivity index is 1.35. The molecule has 0 bridgehead atoms. The number of esters is 1. The molecule has 10 nitrogen and oxygen atoms in total. The number of thiazole rings is 1. The predicted molar refractivity (Wildman–Crippen MR) is 171 cm³/mol. The van der Waals surface area contributed by atoms with Crippen molar-refractivity contribution in [3.8, 4) is 5.75 Å². The number of para-hydroxylation sites is 1. The molecule has 6 rings (SSSR count). The summed E-state index contributed by atoms with van der Waals surface area (Å²) in [4.78, 5) is 68.1. The molecule has 0 saturated carbocycles. The number of aromatic nitrogens is 1. The zero-order chi connectivity index (χ0) is 31.8. The van der Waals surface area contributed by atoms with E-state index in [2.05, 4.69) is 5.32 Å². The number of methoxy groups -OCH3 is 1. The predicted octanol–water partition coefficient (Wildman–Crippen LogP) is 4.84. The number of ether oxygens (including phenoxy) is 2. The molecule has 2 aliphatic rings. The van der Waals surface area contributed by atoms with Gasteiger partial charge in [0.1, 0.15) is 17.5 Å². The molecule has 12 heteroatoms. The van der Waals surface area contributed by atoms with Crippen LogP contribution in [0.1, 0.15) is 39.2 Å². The van der Waals surface area contributed by atoms with E-state index in [1.165, 1.54) is 16.6 Å². The van der Waals surface area contributed by atoms with Gasteiger partial charge >= 0.3 is 10.8 Å². The maximum atomic E-state index is 14.1. The van der Waals surface area contributed by atoms with E-state index in [0.29, 0.717) is 38.2 Å². The SMILES string of the molecule is CCOC(=O)c1ccc(NC(=O)Cn2c3c(sc2=O)[C@@H](c2ccccc2OC)[C@@H]2C(=O)N(c4ccc(C)cc4)C(=O)[C@@H]2S3)cc1. The van der Waals surface area contributed by atoms with Crippen LogP contribution in [0.5, 0.6) is 5.75 Å². The first-order valence-corrected chi connectivity index (χ1v) is 16.0. The highest BCUT2D eigenvalue weighted by Gasteiger charge is 2.57. The third-order valence-corrected chi connectivity index (χ3v) is 10.4. The van der Waals surface area contributed by atoms with Gasteiger partial charge in [-0.3, -0.25) is 23.7 Å². The van der Waals surface area contributed by atoms with Gasteiger partial charge in [-0.05, 0) is 56.3 Å². The van der Waals surface area contributed by atoms with E-state index in [9.17, 15) is 24.0 Å². The molecule has 45 heavy (non-hydrogen) atoms. The number of rotatable bonds is 8. The van der Waals surface area contributed by atoms with E-state index in [1.807, 2.05) is 37.3 Å². The highest BCUT2D eigenvalue weighted by Crippen LogP contribution is 2.55. The molecule has 0 radical (unpaired) electrons. The van der Waals surface area contributed by atoms with Gasteiger partial charge in [-0.25, -0.2) is 9.69 Å². The van der Waals surface area contributed by atoms with Crippen LogP contribution >= 0.6 is 23.1 Å². The standard InChI is InChI=1S/C33H29N3O7S2/c1-4-43-32(40)19-11-13-20(14-12-19)34-24(37)17-35-31-28(45-33(35)41)25(22-7-5-6-8-23(22)42-3)26-27(44-31)30(39)36(29(26)38)21-15-9-18(2)10-16-21/h5-16,25-27H,4,17H2,1-3H3,(H,34,37)/t25-,26-,27+/m0/s1. The first-order valence-electron chi connectivity index (χ1n) is 14.3. The van der Waals surface area contributed by atoms with E-state index in [1.54, 1.807) is 49.4 Å². The Labute approximate surface area is 267 Å². The summed E-state index contributed by atoms with van der Waals surface area (Å²) in [5.74, 6) is -2.55. The molecule has 3 amide bonds. The van der Waals surface area contributed by atoms with Crippen molar-refractivity contribution in [1.29, 1.82) is 0 Å². The highest BCUT2D eigenvalue weighted by atomic mass is 32.2. The van der Waals surface area contributed by atoms with Crippen LogP contribution in [0.4, 0.5) is 11.4 Å². The molecule has 3 aromatic carbocycles. The first kappa shape index (κ1) is 30.4. The maximum Gasteiger partial charge on any atom is 0.338 e. The number of thioether (sulfide) groups is 1. The zero-order valence-corrected chi connectivity index (χ0v) is 26.3. The lowest BCUT2D eigenvalue weighted by atomic mass is 9.82. The molecule has 4 aromatic rings. The van der Waals surface area contributed by atoms with Crippen LogP contribution in [0, 0.1) is 12.8 Å². The van der Waals surface area contributed by atoms with Gasteiger partial charge in [0.05, 0.1) is 35.9 Å². The lowest BCUT2D eigenvalue weighted by Crippen LogP contribution is -2.33. The van der Waals surface area contributed by atoms with E-state index < -0.39 is 29.0 Å². The van der Waals surface area contributed by atoms with Crippen molar-refractivity contribution < 1.29 is 28.7 Å². The molecule has 3 atom stereocenters. The summed E-state index contributed by atoms with van der Waals surface area (Å²) in [5.41, 5.74) is 2.95. The van der Waals surface area contributed by atoms with E-state index in [4.69, 9.17) is 9.47 Å². The minimum Gasteiger partial charge on any atom is -0.496 e. The second kappa shape index (κ2) is 12.4. The molecule has 1 fully saturated rings. The summed E-state index contributed by atoms with van der Waals surface area (Å²) in [6, 6.07) is 20.7. The monoisotopic (exact) mass is 643 g/mol. The van der Waals surface area contributed by atoms with Crippen LogP contribution in [-0.2, 0) is 25.7 Å². The number of carbonyl (C=O) groups is 4. The van der Waals surface area contributed by atoms with Crippen LogP contribution in [0.25, 0.3) is 0 Å². The number of aryl methyl sites for hydroxylation is 1. The Kier molecular flexibility index (Phi) is 8.34. The molecule has 1 N–H and O–H groups in total. The van der Waals surface area contributed by atoms with E-state index in [0.717, 1.165) is 28.7 Å². The first-order chi connectivity index (χ1) is 21.7. The number of fused-ring (bicyclic) bond motifs is 2. The van der Waals surface area contributed by atoms with Crippen LogP contribution < -0.4 is 19.8 Å². The van der Waals surface area contributed by atoms with Gasteiger partial charge in [0.2, 0.25) is 17.7 Å². The largest absolute Gasteiger partial charge is 0.496 e. The minimum absolute atomic E-state index is 0.248. The van der Waals surface area contributed by atoms with Gasteiger partial charge in [0.25, 0.3) is 0 Å². The second-order valence-corrected chi connectivity index (χ2v) is 12.7. The molecule has 0 spiro atoms. The van der Waals surface area contributed by atoms with Gasteiger partial charge in [-0.2, -0.15) is 0 Å². The van der Waals surface area contributed by atoms with Crippen molar-refractivity contribution >= 4 is 58.2 Å². The molecule has 230 valence electrons. The number of carbonyl (C=O) groups excluding carboxylic acids is 4. The molecular formula is C33H29N3O7S2. The van der Waals surface area contributed by atoms with Crippen molar-refractivity contribution in [2.24, 2.45) is 5.92 Å². The van der Waals surface area contributed by atoms with Gasteiger partial charge in [0, 0.05) is 22.0 Å². The Bertz CT molecular complexity index is 1860. The summed E-state index contributed by atoms with van der Waals surface area (Å²) in [6.45, 7) is 3.58. The number of benzene rings is 3. The quantitative estimate of drug-likeness (QED) is 0.214. The fourth-order valence-corrected chi connectivity index (χ4v) is 8.47. The summed E-state index contributed by atoms with van der Waals surface area (Å²) in [5, 5.41) is 2.42. The summed E-state index contributed by atoms with van der Waals surface area (Å²) >= 11 is 2.11. The van der Waals surface area contributed by atoms with Crippen molar-refractivity contribution in [1.82, 2.24) is 4.57 Å². The number of imide groups is 1. The smallest absolute Gasteiger partial charge is 0.338 e. The normalized spacial score (nSPS) is 18.7. The van der Waals surface area contributed by atoms with Gasteiger partial charge in [-0.15, -0.1) is 0 Å². The molecule has 1 saturated heterocycles. The van der Waals surface area contributed by atoms with Crippen LogP contribution in [0.3, 0.4) is 0 Å². The third-order valence-electron chi connectivity index (χ3n) is 7.80. The number of hydrogen-bond donors (Lipinski definition) is 1. The number of nitrogens with one attached hydrogen (secondary N) is 1. The summed E-state index contributed by atoms with van der Waals surface area (Å²) in [7, 11) is 1.53. The molecule has 1 aromatic heterocycles. The van der Waals surface area contributed by atoms with Crippen LogP contribution in [-0.4, -0.2) is 47.2 Å². The Hall–Kier alpha value is -4.68. The van der Waals surface area contributed by atoms with Crippen molar-refractivity contribution in [2.75, 3.05) is 23.9 Å². The van der Waals surface area contributed by atoms with Gasteiger partial charge < -0.3 is 14.8 Å². The van der Waals surface area contributed by atoms with Gasteiger partial charge in [-0.1, -0.05) is 59.0 Å². The number of hydrogen-bond acceptors (Lipinski definition) is 9. The molecule has 0 unspecified atom stereocenters. The molecular weight excluding hydrogens is 615 g/mol. The summed E-state index contributed by atoms with van der Waals surface area (Å²) < 4.78 is 12.0. The number of nitrogens with zero attached hydrogens (tertiary/aromatic N) is 2.